The Kier molecular flexibility index (Phi) is 6.51. The van der Waals surface area contributed by atoms with Gasteiger partial charge in [0.1, 0.15) is 0 Å². The van der Waals surface area contributed by atoms with E-state index in [1.54, 1.807) is 7.11 Å². The molecule has 0 aromatic heterocycles. The highest BCUT2D eigenvalue weighted by molar-refractivity contribution is 5.78. The maximum Gasteiger partial charge on any atom is 0.260 e. The predicted molar refractivity (Wildman–Crippen MR) is 92.8 cm³/mol. The molecule has 1 unspecified atom stereocenters. The van der Waals surface area contributed by atoms with Gasteiger partial charge in [0.25, 0.3) is 5.91 Å². The van der Waals surface area contributed by atoms with Crippen LogP contribution in [-0.2, 0) is 4.79 Å². The first-order valence-corrected chi connectivity index (χ1v) is 8.42. The number of ether oxygens (including phenoxy) is 2. The summed E-state index contributed by atoms with van der Waals surface area (Å²) < 4.78 is 11.1. The van der Waals surface area contributed by atoms with Crippen LogP contribution in [0.5, 0.6) is 11.5 Å². The molecule has 1 heterocycles. The van der Waals surface area contributed by atoms with Gasteiger partial charge in [0.15, 0.2) is 18.1 Å². The zero-order chi connectivity index (χ0) is 16.7. The van der Waals surface area contributed by atoms with E-state index in [4.69, 9.17) is 9.47 Å². The molecular weight excluding hydrogens is 290 g/mol. The minimum atomic E-state index is 0.0653. The van der Waals surface area contributed by atoms with E-state index in [0.717, 1.165) is 31.4 Å². The van der Waals surface area contributed by atoms with E-state index in [1.165, 1.54) is 6.42 Å². The van der Waals surface area contributed by atoms with Gasteiger partial charge >= 0.3 is 0 Å². The van der Waals surface area contributed by atoms with Gasteiger partial charge in [-0.15, -0.1) is 0 Å². The summed E-state index contributed by atoms with van der Waals surface area (Å²) in [6, 6.07) is 6.08. The molecule has 4 heteroatoms. The largest absolute Gasteiger partial charge is 0.493 e. The average Bonchev–Trinajstić information content (AvgIpc) is 2.60. The van der Waals surface area contributed by atoms with Crippen LogP contribution < -0.4 is 9.47 Å². The van der Waals surface area contributed by atoms with Crippen molar-refractivity contribution in [3.05, 3.63) is 29.8 Å². The molecule has 0 spiro atoms. The fraction of sp³-hybridized carbons (Fsp3) is 0.526. The van der Waals surface area contributed by atoms with Crippen molar-refractivity contribution in [2.24, 2.45) is 0 Å². The third kappa shape index (κ3) is 4.50. The number of likely N-dealkylation sites (tertiary alicyclic amines) is 1. The highest BCUT2D eigenvalue weighted by atomic mass is 16.5. The van der Waals surface area contributed by atoms with Crippen LogP contribution in [0.4, 0.5) is 0 Å². The SMILES string of the molecule is CC=Cc1ccc(OCC(=O)N2CCCCC2CC)c(OC)c1. The summed E-state index contributed by atoms with van der Waals surface area (Å²) in [6.07, 6.45) is 8.38. The second kappa shape index (κ2) is 8.61. The van der Waals surface area contributed by atoms with Crippen molar-refractivity contribution in [2.75, 3.05) is 20.3 Å². The van der Waals surface area contributed by atoms with Crippen LogP contribution in [0.1, 0.15) is 45.1 Å². The molecule has 1 aliphatic heterocycles. The summed E-state index contributed by atoms with van der Waals surface area (Å²) in [4.78, 5) is 14.4. The van der Waals surface area contributed by atoms with Gasteiger partial charge in [-0.25, -0.2) is 0 Å². The Bertz CT molecular complexity index is 554. The van der Waals surface area contributed by atoms with E-state index >= 15 is 0 Å². The number of nitrogens with zero attached hydrogens (tertiary/aromatic N) is 1. The number of piperidine rings is 1. The number of carbonyl (C=O) groups excluding carboxylic acids is 1. The van der Waals surface area contributed by atoms with Crippen LogP contribution in [0.3, 0.4) is 0 Å². The molecule has 1 amide bonds. The van der Waals surface area contributed by atoms with Crippen molar-refractivity contribution in [3.8, 4) is 11.5 Å². The lowest BCUT2D eigenvalue weighted by Crippen LogP contribution is -2.45. The smallest absolute Gasteiger partial charge is 0.260 e. The minimum absolute atomic E-state index is 0.0653. The molecule has 1 atom stereocenters. The molecule has 1 saturated heterocycles. The van der Waals surface area contributed by atoms with Crippen LogP contribution in [0.2, 0.25) is 0 Å². The molecular formula is C19H27NO3. The molecule has 0 radical (unpaired) electrons. The van der Waals surface area contributed by atoms with Gasteiger partial charge in [-0.05, 0) is 50.3 Å². The van der Waals surface area contributed by atoms with Crippen molar-refractivity contribution >= 4 is 12.0 Å². The molecule has 1 aromatic rings. The lowest BCUT2D eigenvalue weighted by atomic mass is 10.00. The number of hydrogen-bond donors (Lipinski definition) is 0. The number of amides is 1. The summed E-state index contributed by atoms with van der Waals surface area (Å²) in [6.45, 7) is 5.02. The molecule has 0 bridgehead atoms. The van der Waals surface area contributed by atoms with Crippen LogP contribution in [0.15, 0.2) is 24.3 Å². The fourth-order valence-corrected chi connectivity index (χ4v) is 3.08. The summed E-state index contributed by atoms with van der Waals surface area (Å²) in [5.41, 5.74) is 1.05. The lowest BCUT2D eigenvalue weighted by molar-refractivity contribution is -0.137. The summed E-state index contributed by atoms with van der Waals surface area (Å²) >= 11 is 0. The van der Waals surface area contributed by atoms with E-state index in [2.05, 4.69) is 6.92 Å². The maximum atomic E-state index is 12.5. The number of rotatable bonds is 6. The number of methoxy groups -OCH3 is 1. The summed E-state index contributed by atoms with van der Waals surface area (Å²) in [5, 5.41) is 0. The van der Waals surface area contributed by atoms with Gasteiger partial charge < -0.3 is 14.4 Å². The lowest BCUT2D eigenvalue weighted by Gasteiger charge is -2.35. The number of hydrogen-bond acceptors (Lipinski definition) is 3. The molecule has 0 N–H and O–H groups in total. The van der Waals surface area contributed by atoms with Gasteiger partial charge in [0.2, 0.25) is 0 Å². The van der Waals surface area contributed by atoms with Gasteiger partial charge in [0.05, 0.1) is 7.11 Å². The molecule has 2 rings (SSSR count). The molecule has 0 saturated carbocycles. The minimum Gasteiger partial charge on any atom is -0.493 e. The monoisotopic (exact) mass is 317 g/mol. The van der Waals surface area contributed by atoms with E-state index < -0.39 is 0 Å². The van der Waals surface area contributed by atoms with Gasteiger partial charge in [-0.1, -0.05) is 25.1 Å². The zero-order valence-electron chi connectivity index (χ0n) is 14.4. The van der Waals surface area contributed by atoms with Crippen molar-refractivity contribution < 1.29 is 14.3 Å². The third-order valence-electron chi connectivity index (χ3n) is 4.32. The number of carbonyl (C=O) groups is 1. The van der Waals surface area contributed by atoms with Crippen LogP contribution in [0.25, 0.3) is 6.08 Å². The second-order valence-electron chi connectivity index (χ2n) is 5.84. The summed E-state index contributed by atoms with van der Waals surface area (Å²) in [5.74, 6) is 1.33. The molecule has 0 aliphatic carbocycles. The van der Waals surface area contributed by atoms with Gasteiger partial charge in [0, 0.05) is 12.6 Å². The topological polar surface area (TPSA) is 38.8 Å². The van der Waals surface area contributed by atoms with Crippen LogP contribution >= 0.6 is 0 Å². The third-order valence-corrected chi connectivity index (χ3v) is 4.32. The van der Waals surface area contributed by atoms with Gasteiger partial charge in [-0.2, -0.15) is 0 Å². The molecule has 23 heavy (non-hydrogen) atoms. The Labute approximate surface area is 139 Å². The normalized spacial score (nSPS) is 18.2. The van der Waals surface area contributed by atoms with Crippen molar-refractivity contribution in [1.82, 2.24) is 4.90 Å². The van der Waals surface area contributed by atoms with Crippen molar-refractivity contribution in [3.63, 3.8) is 0 Å². The Morgan fingerprint density at radius 1 is 1.35 bits per heavy atom. The maximum absolute atomic E-state index is 12.5. The average molecular weight is 317 g/mol. The van der Waals surface area contributed by atoms with E-state index in [9.17, 15) is 4.79 Å². The molecule has 1 aromatic carbocycles. The molecule has 126 valence electrons. The Hall–Kier alpha value is -1.97. The predicted octanol–water partition coefficient (Wildman–Crippen LogP) is 3.90. The quantitative estimate of drug-likeness (QED) is 0.799. The second-order valence-corrected chi connectivity index (χ2v) is 5.84. The Morgan fingerprint density at radius 2 is 2.17 bits per heavy atom. The number of allylic oxidation sites excluding steroid dienone is 1. The van der Waals surface area contributed by atoms with Crippen LogP contribution in [0, 0.1) is 0 Å². The highest BCUT2D eigenvalue weighted by Crippen LogP contribution is 2.29. The van der Waals surface area contributed by atoms with Crippen LogP contribution in [-0.4, -0.2) is 37.1 Å². The van der Waals surface area contributed by atoms with Crippen molar-refractivity contribution in [2.45, 2.75) is 45.6 Å². The Morgan fingerprint density at radius 3 is 2.87 bits per heavy atom. The van der Waals surface area contributed by atoms with Gasteiger partial charge in [-0.3, -0.25) is 4.79 Å². The Balaban J connectivity index is 2.00. The van der Waals surface area contributed by atoms with E-state index in [-0.39, 0.29) is 12.5 Å². The number of benzene rings is 1. The molecule has 4 nitrogen and oxygen atoms in total. The first-order valence-electron chi connectivity index (χ1n) is 8.42. The first kappa shape index (κ1) is 17.4. The highest BCUT2D eigenvalue weighted by Gasteiger charge is 2.25. The van der Waals surface area contributed by atoms with E-state index in [0.29, 0.717) is 17.5 Å². The first-order chi connectivity index (χ1) is 11.2. The zero-order valence-corrected chi connectivity index (χ0v) is 14.4. The molecule has 1 fully saturated rings. The van der Waals surface area contributed by atoms with Crippen molar-refractivity contribution in [1.29, 1.82) is 0 Å². The molecule has 1 aliphatic rings. The fourth-order valence-electron chi connectivity index (χ4n) is 3.08. The van der Waals surface area contributed by atoms with E-state index in [1.807, 2.05) is 42.2 Å². The standard InChI is InChI=1S/C19H27NO3/c1-4-8-15-10-11-17(18(13-15)22-3)23-14-19(21)20-12-7-6-9-16(20)5-2/h4,8,10-11,13,16H,5-7,9,12,14H2,1-3H3. The summed E-state index contributed by atoms with van der Waals surface area (Å²) in [7, 11) is 1.61.